The Balaban J connectivity index is 1.46. The second-order valence-corrected chi connectivity index (χ2v) is 7.70. The van der Waals surface area contributed by atoms with Gasteiger partial charge in [0.2, 0.25) is 17.7 Å². The molecule has 4 aliphatic heterocycles. The van der Waals surface area contributed by atoms with E-state index in [4.69, 9.17) is 22.7 Å². The van der Waals surface area contributed by atoms with Crippen LogP contribution in [0, 0.1) is 0 Å². The molecule has 9 nitrogen and oxygen atoms in total. The number of nitrogens with two attached hydrogens (primary N) is 1. The molecule has 1 unspecified atom stereocenters. The summed E-state index contributed by atoms with van der Waals surface area (Å²) in [5.41, 5.74) is 11.5. The lowest BCUT2D eigenvalue weighted by molar-refractivity contribution is -0.115. The minimum absolute atomic E-state index is 0.148. The number of anilines is 1. The molecule has 0 saturated carbocycles. The van der Waals surface area contributed by atoms with Crippen molar-refractivity contribution in [2.75, 3.05) is 44.3 Å². The Hall–Kier alpha value is -2.98. The van der Waals surface area contributed by atoms with Crippen molar-refractivity contribution in [3.8, 4) is 0 Å². The maximum atomic E-state index is 13.3. The number of nitrogens with one attached hydrogen (secondary N) is 1. The zero-order chi connectivity index (χ0) is 20.0. The molecule has 3 N–H and O–H groups in total. The zero-order valence-corrected chi connectivity index (χ0v) is 16.6. The maximum Gasteiger partial charge on any atom is 0.248 e. The largest absolute Gasteiger partial charge is 0.391 e. The van der Waals surface area contributed by atoms with Gasteiger partial charge in [0.15, 0.2) is 0 Å². The Bertz CT molecular complexity index is 953. The van der Waals surface area contributed by atoms with E-state index in [2.05, 4.69) is 20.3 Å². The molecule has 1 saturated heterocycles. The molecule has 1 fully saturated rings. The van der Waals surface area contributed by atoms with Crippen molar-refractivity contribution in [1.29, 1.82) is 0 Å². The smallest absolute Gasteiger partial charge is 0.248 e. The van der Waals surface area contributed by atoms with Gasteiger partial charge >= 0.3 is 0 Å². The van der Waals surface area contributed by atoms with Crippen LogP contribution in [0.5, 0.6) is 0 Å². The number of benzene rings is 1. The monoisotopic (exact) mass is 411 g/mol. The van der Waals surface area contributed by atoms with Crippen molar-refractivity contribution in [3.63, 3.8) is 0 Å². The van der Waals surface area contributed by atoms with E-state index < -0.39 is 6.04 Å². The number of morpholine rings is 1. The Morgan fingerprint density at radius 3 is 2.66 bits per heavy atom. The molecule has 0 radical (unpaired) electrons. The number of hydrogen-bond donors (Lipinski definition) is 2. The highest BCUT2D eigenvalue weighted by Crippen LogP contribution is 2.30. The van der Waals surface area contributed by atoms with Crippen molar-refractivity contribution in [2.45, 2.75) is 6.04 Å². The number of fused-ring (bicyclic) bond motifs is 1. The fourth-order valence-corrected chi connectivity index (χ4v) is 4.21. The summed E-state index contributed by atoms with van der Waals surface area (Å²) in [5.74, 6) is 1.06. The van der Waals surface area contributed by atoms with E-state index in [1.807, 2.05) is 40.2 Å². The van der Waals surface area contributed by atoms with Gasteiger partial charge in [-0.15, -0.1) is 0 Å². The van der Waals surface area contributed by atoms with Crippen molar-refractivity contribution >= 4 is 40.6 Å². The molecular weight excluding hydrogens is 390 g/mol. The molecular formula is C19H21N7O2S. The Morgan fingerprint density at radius 1 is 1.17 bits per heavy atom. The molecule has 0 amide bonds. The van der Waals surface area contributed by atoms with E-state index in [1.165, 1.54) is 0 Å². The average molecular weight is 411 g/mol. The summed E-state index contributed by atoms with van der Waals surface area (Å²) in [6, 6.07) is 9.00. The number of ether oxygens (including phenoxy) is 1. The molecule has 5 rings (SSSR count). The minimum atomic E-state index is -0.709. The molecule has 4 aliphatic rings. The van der Waals surface area contributed by atoms with Crippen molar-refractivity contribution in [2.24, 2.45) is 15.7 Å². The number of carbonyl (C=O) groups excluding carboxylic acids is 1. The summed E-state index contributed by atoms with van der Waals surface area (Å²) in [4.78, 5) is 26.7. The van der Waals surface area contributed by atoms with E-state index >= 15 is 0 Å². The lowest BCUT2D eigenvalue weighted by Crippen LogP contribution is -2.56. The summed E-state index contributed by atoms with van der Waals surface area (Å²) in [6.45, 7) is 3.92. The average Bonchev–Trinajstić information content (AvgIpc) is 3.16. The molecule has 1 aromatic carbocycles. The van der Waals surface area contributed by atoms with Gasteiger partial charge < -0.3 is 20.3 Å². The van der Waals surface area contributed by atoms with Gasteiger partial charge in [-0.3, -0.25) is 10.2 Å². The summed E-state index contributed by atoms with van der Waals surface area (Å²) in [6.07, 6.45) is 0. The Labute approximate surface area is 173 Å². The number of hydrogen-bond acceptors (Lipinski definition) is 9. The Kier molecular flexibility index (Phi) is 4.44. The van der Waals surface area contributed by atoms with Crippen LogP contribution in [-0.2, 0) is 9.53 Å². The standard InChI is InChI=1S/C19H21N7O2S/c20-17(29)15-16(27)14-12(10-25(15)13-4-2-1-3-5-13)11-26-18(21-14)22-19(23-26)24-6-8-28-9-7-24/h1-5,15H,6-11H2,(H2,20,29)(H,21,22,23). The maximum absolute atomic E-state index is 13.3. The third-order valence-corrected chi connectivity index (χ3v) is 5.62. The van der Waals surface area contributed by atoms with Crippen LogP contribution in [0.3, 0.4) is 0 Å². The van der Waals surface area contributed by atoms with Gasteiger partial charge in [-0.25, -0.2) is 10.0 Å². The summed E-state index contributed by atoms with van der Waals surface area (Å²) >= 11 is 5.24. The van der Waals surface area contributed by atoms with Crippen LogP contribution >= 0.6 is 12.2 Å². The first kappa shape index (κ1) is 18.1. The number of rotatable bonds is 2. The molecule has 1 aromatic rings. The molecule has 1 atom stereocenters. The lowest BCUT2D eigenvalue weighted by atomic mass is 9.95. The molecule has 0 spiro atoms. The number of carbonyl (C=O) groups is 1. The normalized spacial score (nSPS) is 23.9. The van der Waals surface area contributed by atoms with E-state index in [0.29, 0.717) is 38.0 Å². The fraction of sp³-hybridized carbons (Fsp3) is 0.368. The minimum Gasteiger partial charge on any atom is -0.391 e. The fourth-order valence-electron chi connectivity index (χ4n) is 3.97. The highest BCUT2D eigenvalue weighted by molar-refractivity contribution is 7.80. The van der Waals surface area contributed by atoms with Gasteiger partial charge in [0, 0.05) is 30.9 Å². The molecule has 150 valence electrons. The van der Waals surface area contributed by atoms with E-state index in [9.17, 15) is 4.79 Å². The van der Waals surface area contributed by atoms with Crippen LogP contribution in [-0.4, -0.2) is 78.0 Å². The first-order valence-electron chi connectivity index (χ1n) is 9.53. The quantitative estimate of drug-likeness (QED) is 0.649. The number of nitrogens with zero attached hydrogens (tertiary/aromatic N) is 5. The van der Waals surface area contributed by atoms with Gasteiger partial charge in [-0.2, -0.15) is 4.99 Å². The highest BCUT2D eigenvalue weighted by atomic mass is 32.1. The number of Topliss-reactive ketones (excluding diaryl/α,β-unsaturated/α-hetero) is 1. The van der Waals surface area contributed by atoms with Gasteiger partial charge in [0.05, 0.1) is 19.8 Å². The molecule has 0 bridgehead atoms. The van der Waals surface area contributed by atoms with Gasteiger partial charge in [0.25, 0.3) is 0 Å². The predicted molar refractivity (Wildman–Crippen MR) is 113 cm³/mol. The number of para-hydroxylation sites is 1. The third kappa shape index (κ3) is 3.14. The third-order valence-electron chi connectivity index (χ3n) is 5.40. The van der Waals surface area contributed by atoms with E-state index in [0.717, 1.165) is 30.3 Å². The second kappa shape index (κ2) is 7.12. The molecule has 0 aliphatic carbocycles. The van der Waals surface area contributed by atoms with Crippen LogP contribution in [0.1, 0.15) is 0 Å². The first-order chi connectivity index (χ1) is 14.1. The summed E-state index contributed by atoms with van der Waals surface area (Å²) in [5, 5.41) is 1.88. The van der Waals surface area contributed by atoms with Gasteiger partial charge in [0.1, 0.15) is 16.7 Å². The number of aliphatic imine (C=N–C) groups is 2. The van der Waals surface area contributed by atoms with Crippen molar-refractivity contribution in [1.82, 2.24) is 15.3 Å². The predicted octanol–water partition coefficient (Wildman–Crippen LogP) is -0.137. The molecule has 10 heteroatoms. The van der Waals surface area contributed by atoms with Gasteiger partial charge in [-0.05, 0) is 12.1 Å². The SMILES string of the molecule is NC(=S)C1C(=O)C2=C(CN3NC(N4CCOCC4)=NC3=N2)CN1c1ccccc1. The van der Waals surface area contributed by atoms with Crippen LogP contribution < -0.4 is 16.1 Å². The van der Waals surface area contributed by atoms with Crippen LogP contribution in [0.25, 0.3) is 0 Å². The molecule has 29 heavy (non-hydrogen) atoms. The summed E-state index contributed by atoms with van der Waals surface area (Å²) < 4.78 is 5.41. The highest BCUT2D eigenvalue weighted by Gasteiger charge is 2.41. The lowest BCUT2D eigenvalue weighted by Gasteiger charge is -2.39. The summed E-state index contributed by atoms with van der Waals surface area (Å²) in [7, 11) is 0. The van der Waals surface area contributed by atoms with Crippen LogP contribution in [0.2, 0.25) is 0 Å². The Morgan fingerprint density at radius 2 is 1.93 bits per heavy atom. The van der Waals surface area contributed by atoms with Crippen molar-refractivity contribution in [3.05, 3.63) is 41.6 Å². The number of guanidine groups is 2. The van der Waals surface area contributed by atoms with Crippen molar-refractivity contribution < 1.29 is 9.53 Å². The van der Waals surface area contributed by atoms with Crippen LogP contribution in [0.4, 0.5) is 5.69 Å². The van der Waals surface area contributed by atoms with Gasteiger partial charge in [-0.1, -0.05) is 30.4 Å². The molecule has 0 aromatic heterocycles. The topological polar surface area (TPSA) is 98.8 Å². The number of ketones is 1. The number of hydrazine groups is 1. The zero-order valence-electron chi connectivity index (χ0n) is 15.7. The molecule has 4 heterocycles. The number of thiocarbonyl (C=S) groups is 1. The van der Waals surface area contributed by atoms with E-state index in [1.54, 1.807) is 0 Å². The second-order valence-electron chi connectivity index (χ2n) is 7.23. The van der Waals surface area contributed by atoms with Crippen LogP contribution in [0.15, 0.2) is 51.6 Å². The van der Waals surface area contributed by atoms with E-state index in [-0.39, 0.29) is 10.8 Å². The first-order valence-corrected chi connectivity index (χ1v) is 9.94.